The second-order valence-corrected chi connectivity index (χ2v) is 4.77. The molecule has 8 heteroatoms. The highest BCUT2D eigenvalue weighted by atomic mass is 35.5. The van der Waals surface area contributed by atoms with Crippen LogP contribution < -0.4 is 0 Å². The Balaban J connectivity index is 2.11. The molecule has 2 aromatic heterocycles. The van der Waals surface area contributed by atoms with Crippen molar-refractivity contribution in [1.82, 2.24) is 19.5 Å². The molecule has 7 nitrogen and oxygen atoms in total. The number of nitrogens with zero attached hydrogens (tertiary/aromatic N) is 4. The average Bonchev–Trinajstić information content (AvgIpc) is 2.93. The number of fused-ring (bicyclic) bond motifs is 1. The first-order valence-corrected chi connectivity index (χ1v) is 6.20. The summed E-state index contributed by atoms with van der Waals surface area (Å²) in [6.07, 6.45) is 1.32. The molecule has 1 saturated heterocycles. The van der Waals surface area contributed by atoms with E-state index >= 15 is 0 Å². The summed E-state index contributed by atoms with van der Waals surface area (Å²) < 4.78 is 12.5. The minimum Gasteiger partial charge on any atom is -0.388 e. The summed E-state index contributed by atoms with van der Waals surface area (Å²) >= 11 is 5.96. The zero-order chi connectivity index (χ0) is 13.6. The van der Waals surface area contributed by atoms with Gasteiger partial charge in [-0.25, -0.2) is 15.0 Å². The van der Waals surface area contributed by atoms with Crippen LogP contribution in [0.2, 0.25) is 5.15 Å². The number of aromatic nitrogens is 4. The van der Waals surface area contributed by atoms with Crippen LogP contribution in [0.25, 0.3) is 11.2 Å². The van der Waals surface area contributed by atoms with Gasteiger partial charge in [0.05, 0.1) is 12.4 Å². The fourth-order valence-electron chi connectivity index (χ4n) is 2.34. The Bertz CT molecular complexity index is 605. The van der Waals surface area contributed by atoms with E-state index in [2.05, 4.69) is 15.0 Å². The summed E-state index contributed by atoms with van der Waals surface area (Å²) in [6, 6.07) is -0.420. The molecule has 1 aliphatic heterocycles. The molecule has 0 radical (unpaired) electrons. The third-order valence-electron chi connectivity index (χ3n) is 3.33. The second kappa shape index (κ2) is 4.68. The van der Waals surface area contributed by atoms with E-state index in [0.717, 1.165) is 0 Å². The largest absolute Gasteiger partial charge is 0.388 e. The summed E-state index contributed by atoms with van der Waals surface area (Å²) in [5.74, 6) is 0. The van der Waals surface area contributed by atoms with E-state index in [1.165, 1.54) is 13.4 Å². The van der Waals surface area contributed by atoms with Crippen molar-refractivity contribution in [2.75, 3.05) is 7.11 Å². The zero-order valence-corrected chi connectivity index (χ0v) is 11.2. The van der Waals surface area contributed by atoms with E-state index in [-0.39, 0.29) is 11.3 Å². The Morgan fingerprint density at radius 2 is 2.21 bits per heavy atom. The van der Waals surface area contributed by atoms with Gasteiger partial charge in [-0.05, 0) is 6.92 Å². The summed E-state index contributed by atoms with van der Waals surface area (Å²) in [7, 11) is 1.53. The number of hydrogen-bond acceptors (Lipinski definition) is 6. The first-order chi connectivity index (χ1) is 9.13. The van der Waals surface area contributed by atoms with Crippen molar-refractivity contribution >= 4 is 22.8 Å². The molecule has 3 heterocycles. The van der Waals surface area contributed by atoms with Gasteiger partial charge in [-0.3, -0.25) is 0 Å². The quantitative estimate of drug-likeness (QED) is 0.821. The maximum Gasteiger partial charge on any atom is 0.180 e. The maximum absolute atomic E-state index is 10.2. The van der Waals surface area contributed by atoms with Gasteiger partial charge in [-0.15, -0.1) is 0 Å². The molecular formula is C11H13ClN4O3. The summed E-state index contributed by atoms with van der Waals surface area (Å²) in [4.78, 5) is 12.2. The predicted octanol–water partition coefficient (Wildman–Crippen LogP) is 0.773. The van der Waals surface area contributed by atoms with Crippen molar-refractivity contribution in [1.29, 1.82) is 0 Å². The van der Waals surface area contributed by atoms with Crippen molar-refractivity contribution in [2.45, 2.75) is 31.5 Å². The molecule has 19 heavy (non-hydrogen) atoms. The van der Waals surface area contributed by atoms with Crippen LogP contribution >= 0.6 is 11.6 Å². The molecule has 1 N–H and O–H groups in total. The van der Waals surface area contributed by atoms with Crippen LogP contribution in [-0.2, 0) is 9.47 Å². The van der Waals surface area contributed by atoms with Gasteiger partial charge in [0.25, 0.3) is 0 Å². The monoisotopic (exact) mass is 284 g/mol. The molecule has 3 rings (SSSR count). The first-order valence-electron chi connectivity index (χ1n) is 5.83. The first kappa shape index (κ1) is 12.7. The minimum absolute atomic E-state index is 0.277. The molecule has 4 atom stereocenters. The summed E-state index contributed by atoms with van der Waals surface area (Å²) in [6.45, 7) is 1.79. The van der Waals surface area contributed by atoms with Crippen molar-refractivity contribution in [3.8, 4) is 0 Å². The number of halogens is 1. The molecule has 1 fully saturated rings. The molecule has 0 aliphatic carbocycles. The fourth-order valence-corrected chi connectivity index (χ4v) is 2.52. The van der Waals surface area contributed by atoms with Crippen LogP contribution in [0.3, 0.4) is 0 Å². The van der Waals surface area contributed by atoms with Crippen molar-refractivity contribution < 1.29 is 14.6 Å². The van der Waals surface area contributed by atoms with E-state index in [1.807, 2.05) is 0 Å². The van der Waals surface area contributed by atoms with Gasteiger partial charge in [-0.2, -0.15) is 0 Å². The van der Waals surface area contributed by atoms with Crippen LogP contribution in [0.15, 0.2) is 12.7 Å². The molecule has 2 aromatic rings. The molecule has 0 saturated carbocycles. The molecule has 0 amide bonds. The predicted molar refractivity (Wildman–Crippen MR) is 66.7 cm³/mol. The van der Waals surface area contributed by atoms with Crippen molar-refractivity contribution in [3.05, 3.63) is 17.8 Å². The van der Waals surface area contributed by atoms with Crippen LogP contribution in [0, 0.1) is 0 Å². The lowest BCUT2D eigenvalue weighted by molar-refractivity contribution is -0.124. The number of methoxy groups -OCH3 is 1. The number of ether oxygens (including phenoxy) is 2. The number of aliphatic hydroxyl groups is 1. The smallest absolute Gasteiger partial charge is 0.180 e. The molecular weight excluding hydrogens is 272 g/mol. The lowest BCUT2D eigenvalue weighted by atomic mass is 10.1. The van der Waals surface area contributed by atoms with Gasteiger partial charge < -0.3 is 19.1 Å². The van der Waals surface area contributed by atoms with E-state index in [4.69, 9.17) is 21.1 Å². The van der Waals surface area contributed by atoms with Crippen LogP contribution in [0.5, 0.6) is 0 Å². The molecule has 0 bridgehead atoms. The van der Waals surface area contributed by atoms with Crippen LogP contribution in [-0.4, -0.2) is 50.2 Å². The number of rotatable bonds is 2. The average molecular weight is 285 g/mol. The van der Waals surface area contributed by atoms with E-state index in [1.54, 1.807) is 17.8 Å². The van der Waals surface area contributed by atoms with Crippen molar-refractivity contribution in [3.63, 3.8) is 0 Å². The summed E-state index contributed by atoms with van der Waals surface area (Å²) in [5, 5.41) is 10.5. The lowest BCUT2D eigenvalue weighted by Gasteiger charge is -2.20. The van der Waals surface area contributed by atoms with E-state index < -0.39 is 18.4 Å². The van der Waals surface area contributed by atoms with Crippen molar-refractivity contribution in [2.24, 2.45) is 0 Å². The fraction of sp³-hybridized carbons (Fsp3) is 0.545. The Labute approximate surface area is 114 Å². The third kappa shape index (κ3) is 1.90. The van der Waals surface area contributed by atoms with Gasteiger partial charge in [0, 0.05) is 7.11 Å². The zero-order valence-electron chi connectivity index (χ0n) is 10.4. The normalized spacial score (nSPS) is 31.2. The van der Waals surface area contributed by atoms with Gasteiger partial charge in [-0.1, -0.05) is 11.6 Å². The molecule has 0 unspecified atom stereocenters. The SMILES string of the molecule is CO[C@H]1O[C@H](C)[C@@H](O)[C@@H]1n1cnc2c(Cl)ncnc21. The van der Waals surface area contributed by atoms with Gasteiger partial charge >= 0.3 is 0 Å². The maximum atomic E-state index is 10.2. The number of imidazole rings is 1. The van der Waals surface area contributed by atoms with Gasteiger partial charge in [0.2, 0.25) is 0 Å². The van der Waals surface area contributed by atoms with Gasteiger partial charge in [0.1, 0.15) is 24.0 Å². The third-order valence-corrected chi connectivity index (χ3v) is 3.60. The highest BCUT2D eigenvalue weighted by molar-refractivity contribution is 6.33. The molecule has 0 aromatic carbocycles. The Morgan fingerprint density at radius 3 is 2.95 bits per heavy atom. The topological polar surface area (TPSA) is 82.3 Å². The molecule has 1 aliphatic rings. The number of aliphatic hydroxyl groups excluding tert-OH is 1. The highest BCUT2D eigenvalue weighted by Crippen LogP contribution is 2.33. The second-order valence-electron chi connectivity index (χ2n) is 4.42. The highest BCUT2D eigenvalue weighted by Gasteiger charge is 2.43. The number of hydrogen-bond donors (Lipinski definition) is 1. The van der Waals surface area contributed by atoms with E-state index in [0.29, 0.717) is 11.2 Å². The lowest BCUT2D eigenvalue weighted by Crippen LogP contribution is -2.30. The molecule has 102 valence electrons. The Kier molecular flexibility index (Phi) is 3.14. The summed E-state index contributed by atoms with van der Waals surface area (Å²) in [5.41, 5.74) is 1.04. The molecule has 0 spiro atoms. The van der Waals surface area contributed by atoms with Gasteiger partial charge in [0.15, 0.2) is 17.1 Å². The Morgan fingerprint density at radius 1 is 1.42 bits per heavy atom. The van der Waals surface area contributed by atoms with Crippen LogP contribution in [0.1, 0.15) is 13.0 Å². The Hall–Kier alpha value is -1.28. The standard InChI is InChI=1S/C11H13ClN4O3/c1-5-8(17)7(11(18-2)19-5)16-4-15-6-9(12)13-3-14-10(6)16/h3-5,7-8,11,17H,1-2H3/t5-,7+,8-,11+/m1/s1. The van der Waals surface area contributed by atoms with E-state index in [9.17, 15) is 5.11 Å². The van der Waals surface area contributed by atoms with Crippen LogP contribution in [0.4, 0.5) is 0 Å². The minimum atomic E-state index is -0.712.